The molecular formula is C20H25N5O3S. The van der Waals surface area contributed by atoms with E-state index in [1.165, 1.54) is 15.9 Å². The van der Waals surface area contributed by atoms with Crippen LogP contribution >= 0.6 is 11.3 Å². The van der Waals surface area contributed by atoms with Crippen molar-refractivity contribution in [2.24, 2.45) is 11.7 Å². The standard InChI is InChI=1S/C20H25N5O3S/c1-3-15-22-20-25(23-15)19(27)17(29-20)16(12-4-6-14(28-2)7-5-12)24-10-8-13(9-11-24)18(21)26/h4-7,13,16,27H,3,8-11H2,1-2H3,(H2,21,26)/t16-/m0/s1. The van der Waals surface area contributed by atoms with E-state index < -0.39 is 0 Å². The molecule has 4 rings (SSSR count). The van der Waals surface area contributed by atoms with E-state index in [0.29, 0.717) is 30.0 Å². The number of thiazole rings is 1. The zero-order valence-electron chi connectivity index (χ0n) is 16.5. The van der Waals surface area contributed by atoms with Crippen LogP contribution in [0.15, 0.2) is 24.3 Å². The van der Waals surface area contributed by atoms with Crippen LogP contribution in [0.2, 0.25) is 0 Å². The number of piperidine rings is 1. The van der Waals surface area contributed by atoms with Gasteiger partial charge >= 0.3 is 0 Å². The van der Waals surface area contributed by atoms with Crippen LogP contribution in [0.3, 0.4) is 0 Å². The number of ether oxygens (including phenoxy) is 1. The Morgan fingerprint density at radius 2 is 2.03 bits per heavy atom. The molecular weight excluding hydrogens is 390 g/mol. The third-order valence-corrected chi connectivity index (χ3v) is 6.61. The number of carbonyl (C=O) groups is 1. The molecule has 9 heteroatoms. The second kappa shape index (κ2) is 8.00. The summed E-state index contributed by atoms with van der Waals surface area (Å²) in [6, 6.07) is 7.70. The van der Waals surface area contributed by atoms with E-state index in [1.54, 1.807) is 7.11 Å². The van der Waals surface area contributed by atoms with E-state index >= 15 is 0 Å². The Labute approximate surface area is 172 Å². The molecule has 0 spiro atoms. The van der Waals surface area contributed by atoms with Gasteiger partial charge in [-0.1, -0.05) is 30.4 Å². The molecule has 8 nitrogen and oxygen atoms in total. The van der Waals surface area contributed by atoms with Gasteiger partial charge in [-0.05, 0) is 43.6 Å². The van der Waals surface area contributed by atoms with Crippen LogP contribution < -0.4 is 10.5 Å². The lowest BCUT2D eigenvalue weighted by Crippen LogP contribution is -2.40. The minimum absolute atomic E-state index is 0.0919. The minimum atomic E-state index is -0.237. The lowest BCUT2D eigenvalue weighted by Gasteiger charge is -2.36. The Balaban J connectivity index is 1.73. The number of nitrogens with two attached hydrogens (primary N) is 1. The van der Waals surface area contributed by atoms with Gasteiger partial charge in [0.1, 0.15) is 5.75 Å². The number of amides is 1. The maximum absolute atomic E-state index is 11.6. The van der Waals surface area contributed by atoms with Crippen molar-refractivity contribution in [3.05, 3.63) is 40.5 Å². The van der Waals surface area contributed by atoms with E-state index in [-0.39, 0.29) is 23.7 Å². The normalized spacial score (nSPS) is 16.9. The van der Waals surface area contributed by atoms with Crippen molar-refractivity contribution in [2.45, 2.75) is 32.2 Å². The summed E-state index contributed by atoms with van der Waals surface area (Å²) < 4.78 is 6.81. The summed E-state index contributed by atoms with van der Waals surface area (Å²) in [4.78, 5) is 19.8. The smallest absolute Gasteiger partial charge is 0.230 e. The third kappa shape index (κ3) is 3.67. The highest BCUT2D eigenvalue weighted by Crippen LogP contribution is 2.41. The van der Waals surface area contributed by atoms with E-state index in [9.17, 15) is 9.90 Å². The number of aromatic hydroxyl groups is 1. The number of primary amides is 1. The summed E-state index contributed by atoms with van der Waals surface area (Å²) in [5.41, 5.74) is 6.54. The molecule has 1 fully saturated rings. The molecule has 1 aliphatic rings. The first kappa shape index (κ1) is 19.7. The Hall–Kier alpha value is -2.65. The average molecular weight is 416 g/mol. The van der Waals surface area contributed by atoms with Crippen molar-refractivity contribution in [1.82, 2.24) is 19.5 Å². The first-order chi connectivity index (χ1) is 14.0. The quantitative estimate of drug-likeness (QED) is 0.640. The molecule has 0 saturated carbocycles. The fourth-order valence-electron chi connectivity index (χ4n) is 3.87. The van der Waals surface area contributed by atoms with Gasteiger partial charge in [-0.15, -0.1) is 5.10 Å². The highest BCUT2D eigenvalue weighted by Gasteiger charge is 2.33. The Morgan fingerprint density at radius 1 is 1.34 bits per heavy atom. The van der Waals surface area contributed by atoms with Crippen LogP contribution in [0.25, 0.3) is 4.96 Å². The first-order valence-corrected chi connectivity index (χ1v) is 10.6. The summed E-state index contributed by atoms with van der Waals surface area (Å²) in [5.74, 6) is 1.28. The van der Waals surface area contributed by atoms with Gasteiger partial charge in [0.05, 0.1) is 18.0 Å². The van der Waals surface area contributed by atoms with Gasteiger partial charge < -0.3 is 15.6 Å². The zero-order chi connectivity index (χ0) is 20.5. The molecule has 154 valence electrons. The van der Waals surface area contributed by atoms with Gasteiger partial charge in [0.2, 0.25) is 16.7 Å². The molecule has 0 radical (unpaired) electrons. The van der Waals surface area contributed by atoms with Crippen LogP contribution in [-0.2, 0) is 11.2 Å². The monoisotopic (exact) mass is 415 g/mol. The highest BCUT2D eigenvalue weighted by atomic mass is 32.1. The second-order valence-electron chi connectivity index (χ2n) is 7.25. The maximum atomic E-state index is 11.6. The minimum Gasteiger partial charge on any atom is -0.497 e. The molecule has 1 atom stereocenters. The van der Waals surface area contributed by atoms with Crippen molar-refractivity contribution < 1.29 is 14.6 Å². The van der Waals surface area contributed by atoms with Crippen molar-refractivity contribution in [3.8, 4) is 11.6 Å². The van der Waals surface area contributed by atoms with Crippen LogP contribution in [0.4, 0.5) is 0 Å². The van der Waals surface area contributed by atoms with Crippen molar-refractivity contribution in [1.29, 1.82) is 0 Å². The van der Waals surface area contributed by atoms with Crippen LogP contribution in [0.5, 0.6) is 11.6 Å². The first-order valence-electron chi connectivity index (χ1n) is 9.76. The number of likely N-dealkylation sites (tertiary alicyclic amines) is 1. The molecule has 1 aliphatic heterocycles. The average Bonchev–Trinajstić information content (AvgIpc) is 3.28. The molecule has 3 heterocycles. The zero-order valence-corrected chi connectivity index (χ0v) is 17.4. The number of benzene rings is 1. The number of nitrogens with zero attached hydrogens (tertiary/aromatic N) is 4. The number of hydrogen-bond acceptors (Lipinski definition) is 7. The topological polar surface area (TPSA) is 106 Å². The Bertz CT molecular complexity index is 1010. The second-order valence-corrected chi connectivity index (χ2v) is 8.26. The predicted molar refractivity (Wildman–Crippen MR) is 110 cm³/mol. The summed E-state index contributed by atoms with van der Waals surface area (Å²) in [6.07, 6.45) is 2.14. The fraction of sp³-hybridized carbons (Fsp3) is 0.450. The lowest BCUT2D eigenvalue weighted by molar-refractivity contribution is -0.123. The number of rotatable bonds is 6. The van der Waals surface area contributed by atoms with Gasteiger partial charge in [0.25, 0.3) is 0 Å². The van der Waals surface area contributed by atoms with E-state index in [2.05, 4.69) is 15.0 Å². The Morgan fingerprint density at radius 3 is 2.59 bits per heavy atom. The molecule has 2 aromatic heterocycles. The van der Waals surface area contributed by atoms with E-state index in [1.807, 2.05) is 31.2 Å². The van der Waals surface area contributed by atoms with Crippen molar-refractivity contribution in [3.63, 3.8) is 0 Å². The lowest BCUT2D eigenvalue weighted by atomic mass is 9.93. The summed E-state index contributed by atoms with van der Waals surface area (Å²) in [6.45, 7) is 3.43. The van der Waals surface area contributed by atoms with Crippen LogP contribution in [-0.4, -0.2) is 50.7 Å². The van der Waals surface area contributed by atoms with Gasteiger partial charge in [-0.25, -0.2) is 4.98 Å². The van der Waals surface area contributed by atoms with Gasteiger partial charge in [0, 0.05) is 12.3 Å². The molecule has 1 aromatic carbocycles. The molecule has 1 saturated heterocycles. The maximum Gasteiger partial charge on any atom is 0.230 e. The summed E-state index contributed by atoms with van der Waals surface area (Å²) >= 11 is 1.45. The van der Waals surface area contributed by atoms with Gasteiger partial charge in [-0.3, -0.25) is 9.69 Å². The third-order valence-electron chi connectivity index (χ3n) is 5.54. The molecule has 3 aromatic rings. The molecule has 1 amide bonds. The van der Waals surface area contributed by atoms with Crippen LogP contribution in [0, 0.1) is 5.92 Å². The number of aryl methyl sites for hydroxylation is 1. The molecule has 29 heavy (non-hydrogen) atoms. The number of aromatic nitrogens is 3. The number of carbonyl (C=O) groups excluding carboxylic acids is 1. The van der Waals surface area contributed by atoms with E-state index in [4.69, 9.17) is 10.5 Å². The van der Waals surface area contributed by atoms with Gasteiger partial charge in [-0.2, -0.15) is 4.52 Å². The van der Waals surface area contributed by atoms with Gasteiger partial charge in [0.15, 0.2) is 5.82 Å². The molecule has 0 aliphatic carbocycles. The van der Waals surface area contributed by atoms with Crippen LogP contribution in [0.1, 0.15) is 42.1 Å². The number of hydrogen-bond donors (Lipinski definition) is 2. The molecule has 3 N–H and O–H groups in total. The fourth-order valence-corrected chi connectivity index (χ4v) is 5.01. The van der Waals surface area contributed by atoms with E-state index in [0.717, 1.165) is 29.3 Å². The number of methoxy groups -OCH3 is 1. The predicted octanol–water partition coefficient (Wildman–Crippen LogP) is 2.35. The number of fused-ring (bicyclic) bond motifs is 1. The molecule has 0 unspecified atom stereocenters. The van der Waals surface area contributed by atoms with Crippen molar-refractivity contribution >= 4 is 22.2 Å². The summed E-state index contributed by atoms with van der Waals surface area (Å²) in [7, 11) is 1.64. The summed E-state index contributed by atoms with van der Waals surface area (Å²) in [5, 5.41) is 15.3. The SMILES string of the molecule is CCc1nc2sc([C@H](c3ccc(OC)cc3)N3CCC(C(N)=O)CC3)c(O)n2n1. The van der Waals surface area contributed by atoms with Crippen molar-refractivity contribution in [2.75, 3.05) is 20.2 Å². The Kier molecular flexibility index (Phi) is 5.42. The largest absolute Gasteiger partial charge is 0.497 e. The highest BCUT2D eigenvalue weighted by molar-refractivity contribution is 7.17. The molecule has 0 bridgehead atoms.